The van der Waals surface area contributed by atoms with Crippen LogP contribution in [0.3, 0.4) is 0 Å². The number of fused-ring (bicyclic) bond motifs is 1. The Morgan fingerprint density at radius 3 is 2.57 bits per heavy atom. The Labute approximate surface area is 212 Å². The molecule has 0 saturated carbocycles. The maximum Gasteiger partial charge on any atom is 0.182 e. The number of methoxy groups -OCH3 is 1. The molecule has 0 amide bonds. The van der Waals surface area contributed by atoms with Crippen molar-refractivity contribution in [2.24, 2.45) is 5.41 Å². The van der Waals surface area contributed by atoms with Crippen LogP contribution in [-0.4, -0.2) is 60.0 Å². The van der Waals surface area contributed by atoms with Gasteiger partial charge in [-0.25, -0.2) is 17.6 Å². The van der Waals surface area contributed by atoms with Crippen LogP contribution in [0.15, 0.2) is 36.5 Å². The number of benzene rings is 2. The van der Waals surface area contributed by atoms with Crippen LogP contribution < -0.4 is 10.1 Å². The Bertz CT molecular complexity index is 1240. The second-order valence-electron chi connectivity index (χ2n) is 9.63. The van der Waals surface area contributed by atoms with Gasteiger partial charge in [-0.2, -0.15) is 0 Å². The second-order valence-corrected chi connectivity index (χ2v) is 9.63. The molecular formula is C27H31F4N3O3. The quantitative estimate of drug-likeness (QED) is 0.263. The van der Waals surface area contributed by atoms with Gasteiger partial charge in [0.05, 0.1) is 30.6 Å². The third kappa shape index (κ3) is 6.14. The van der Waals surface area contributed by atoms with Gasteiger partial charge in [-0.3, -0.25) is 4.98 Å². The topological polar surface area (TPSA) is 77.8 Å². The number of ether oxygens (including phenoxy) is 1. The molecular weight excluding hydrogens is 490 g/mol. The predicted molar refractivity (Wildman–Crippen MR) is 132 cm³/mol. The highest BCUT2D eigenvalue weighted by molar-refractivity contribution is 5.84. The average molecular weight is 522 g/mol. The molecule has 0 spiro atoms. The first-order valence-corrected chi connectivity index (χ1v) is 12.3. The number of pyridine rings is 1. The normalized spacial score (nSPS) is 16.6. The number of aliphatic hydroxyl groups is 2. The molecule has 0 aliphatic carbocycles. The van der Waals surface area contributed by atoms with E-state index in [4.69, 9.17) is 4.74 Å². The van der Waals surface area contributed by atoms with Crippen molar-refractivity contribution in [2.45, 2.75) is 31.8 Å². The average Bonchev–Trinajstić information content (AvgIpc) is 2.90. The Balaban J connectivity index is 1.33. The minimum atomic E-state index is -1.24. The molecule has 0 bridgehead atoms. The number of aliphatic hydroxyl groups excluding tert-OH is 2. The molecule has 2 heterocycles. The molecule has 2 aromatic carbocycles. The summed E-state index contributed by atoms with van der Waals surface area (Å²) in [5.74, 6) is -3.27. The standard InChI is InChI=1S/C27H31F4N3O3/c1-37-18-2-3-22-19(14-18)25(21(30)15-33-22)24(36)4-5-27(16-35)6-9-34(10-7-27)11-8-32-23-13-17(28)12-20(29)26(23)31/h2-3,12-15,24,32,35-36H,4-11,16H2,1H3/t24-/m1/s1. The lowest BCUT2D eigenvalue weighted by Crippen LogP contribution is -2.43. The number of hydrogen-bond acceptors (Lipinski definition) is 6. The van der Waals surface area contributed by atoms with Crippen molar-refractivity contribution in [1.29, 1.82) is 0 Å². The van der Waals surface area contributed by atoms with Gasteiger partial charge >= 0.3 is 0 Å². The predicted octanol–water partition coefficient (Wildman–Crippen LogP) is 4.80. The van der Waals surface area contributed by atoms with Crippen LogP contribution in [-0.2, 0) is 0 Å². The number of anilines is 1. The zero-order valence-corrected chi connectivity index (χ0v) is 20.6. The SMILES string of the molecule is COc1ccc2ncc(F)c([C@H](O)CCC3(CO)CCN(CCNc4cc(F)cc(F)c4F)CC3)c2c1. The summed E-state index contributed by atoms with van der Waals surface area (Å²) in [6, 6.07) is 6.51. The third-order valence-corrected chi connectivity index (χ3v) is 7.34. The molecule has 3 N–H and O–H groups in total. The van der Waals surface area contributed by atoms with E-state index < -0.39 is 34.8 Å². The molecule has 0 unspecified atom stereocenters. The summed E-state index contributed by atoms with van der Waals surface area (Å²) < 4.78 is 60.5. The number of halogens is 4. The number of aromatic nitrogens is 1. The van der Waals surface area contributed by atoms with E-state index in [0.29, 0.717) is 68.2 Å². The highest BCUT2D eigenvalue weighted by Crippen LogP contribution is 2.39. The van der Waals surface area contributed by atoms with E-state index in [9.17, 15) is 27.8 Å². The Kier molecular flexibility index (Phi) is 8.51. The van der Waals surface area contributed by atoms with Crippen molar-refractivity contribution >= 4 is 16.6 Å². The zero-order valence-electron chi connectivity index (χ0n) is 20.6. The maximum atomic E-state index is 14.7. The summed E-state index contributed by atoms with van der Waals surface area (Å²) in [5.41, 5.74) is 0.0822. The fraction of sp³-hybridized carbons (Fsp3) is 0.444. The summed E-state index contributed by atoms with van der Waals surface area (Å²) in [6.45, 7) is 2.07. The molecule has 200 valence electrons. The van der Waals surface area contributed by atoms with E-state index in [2.05, 4.69) is 15.2 Å². The lowest BCUT2D eigenvalue weighted by atomic mass is 9.74. The van der Waals surface area contributed by atoms with Crippen LogP contribution in [0.2, 0.25) is 0 Å². The van der Waals surface area contributed by atoms with E-state index in [0.717, 1.165) is 12.3 Å². The summed E-state index contributed by atoms with van der Waals surface area (Å²) in [5, 5.41) is 24.4. The second kappa shape index (κ2) is 11.6. The van der Waals surface area contributed by atoms with Gasteiger partial charge in [-0.15, -0.1) is 0 Å². The lowest BCUT2D eigenvalue weighted by Gasteiger charge is -2.41. The summed E-state index contributed by atoms with van der Waals surface area (Å²) in [7, 11) is 1.51. The monoisotopic (exact) mass is 521 g/mol. The minimum absolute atomic E-state index is 0.0625. The first-order valence-electron chi connectivity index (χ1n) is 12.3. The van der Waals surface area contributed by atoms with E-state index >= 15 is 0 Å². The van der Waals surface area contributed by atoms with Gasteiger partial charge in [-0.05, 0) is 62.4 Å². The van der Waals surface area contributed by atoms with Gasteiger partial charge in [0.15, 0.2) is 11.6 Å². The smallest absolute Gasteiger partial charge is 0.182 e. The Morgan fingerprint density at radius 1 is 1.11 bits per heavy atom. The van der Waals surface area contributed by atoms with Gasteiger partial charge < -0.3 is 25.2 Å². The highest BCUT2D eigenvalue weighted by Gasteiger charge is 2.34. The van der Waals surface area contributed by atoms with Crippen molar-refractivity contribution in [1.82, 2.24) is 9.88 Å². The molecule has 37 heavy (non-hydrogen) atoms. The van der Waals surface area contributed by atoms with Crippen LogP contribution in [0.5, 0.6) is 5.75 Å². The third-order valence-electron chi connectivity index (χ3n) is 7.34. The largest absolute Gasteiger partial charge is 0.497 e. The van der Waals surface area contributed by atoms with Crippen molar-refractivity contribution < 1.29 is 32.5 Å². The fourth-order valence-corrected chi connectivity index (χ4v) is 4.99. The van der Waals surface area contributed by atoms with Gasteiger partial charge in [-0.1, -0.05) is 0 Å². The van der Waals surface area contributed by atoms with Crippen LogP contribution in [0.25, 0.3) is 10.9 Å². The number of piperidine rings is 1. The molecule has 3 aromatic rings. The summed E-state index contributed by atoms with van der Waals surface area (Å²) in [4.78, 5) is 6.21. The molecule has 4 rings (SSSR count). The minimum Gasteiger partial charge on any atom is -0.497 e. The van der Waals surface area contributed by atoms with Crippen LogP contribution in [0.4, 0.5) is 23.2 Å². The maximum absolute atomic E-state index is 14.7. The van der Waals surface area contributed by atoms with Crippen molar-refractivity contribution in [3.8, 4) is 5.75 Å². The molecule has 1 aliphatic heterocycles. The molecule has 1 atom stereocenters. The summed E-state index contributed by atoms with van der Waals surface area (Å²) >= 11 is 0. The van der Waals surface area contributed by atoms with Crippen LogP contribution in [0, 0.1) is 28.7 Å². The van der Waals surface area contributed by atoms with Gasteiger partial charge in [0, 0.05) is 42.8 Å². The molecule has 1 saturated heterocycles. The number of nitrogens with one attached hydrogen (secondary N) is 1. The van der Waals surface area contributed by atoms with Crippen LogP contribution in [0.1, 0.15) is 37.4 Å². The Hall–Kier alpha value is -2.95. The molecule has 10 heteroatoms. The molecule has 1 fully saturated rings. The van der Waals surface area contributed by atoms with Crippen molar-refractivity contribution in [3.05, 3.63) is 65.4 Å². The van der Waals surface area contributed by atoms with E-state index in [1.807, 2.05) is 0 Å². The van der Waals surface area contributed by atoms with Gasteiger partial charge in [0.1, 0.15) is 17.4 Å². The molecule has 6 nitrogen and oxygen atoms in total. The van der Waals surface area contributed by atoms with Crippen molar-refractivity contribution in [2.75, 3.05) is 45.2 Å². The lowest BCUT2D eigenvalue weighted by molar-refractivity contribution is 0.0244. The van der Waals surface area contributed by atoms with Gasteiger partial charge in [0.2, 0.25) is 0 Å². The Morgan fingerprint density at radius 2 is 1.86 bits per heavy atom. The number of nitrogens with zero attached hydrogens (tertiary/aromatic N) is 2. The number of rotatable bonds is 10. The number of hydrogen-bond donors (Lipinski definition) is 3. The summed E-state index contributed by atoms with van der Waals surface area (Å²) in [6.07, 6.45) is 2.10. The first kappa shape index (κ1) is 27.1. The number of likely N-dealkylation sites (tertiary alicyclic amines) is 1. The fourth-order valence-electron chi connectivity index (χ4n) is 4.99. The van der Waals surface area contributed by atoms with Crippen LogP contribution >= 0.6 is 0 Å². The molecule has 1 aromatic heterocycles. The molecule has 1 aliphatic rings. The van der Waals surface area contributed by atoms with Gasteiger partial charge in [0.25, 0.3) is 0 Å². The van der Waals surface area contributed by atoms with E-state index in [1.165, 1.54) is 7.11 Å². The van der Waals surface area contributed by atoms with E-state index in [1.54, 1.807) is 18.2 Å². The van der Waals surface area contributed by atoms with E-state index in [-0.39, 0.29) is 24.3 Å². The highest BCUT2D eigenvalue weighted by atomic mass is 19.2. The van der Waals surface area contributed by atoms with Crippen molar-refractivity contribution in [3.63, 3.8) is 0 Å². The molecule has 0 radical (unpaired) electrons. The first-order chi connectivity index (χ1) is 17.7. The zero-order chi connectivity index (χ0) is 26.6.